The van der Waals surface area contributed by atoms with Crippen LogP contribution >= 0.6 is 0 Å². The van der Waals surface area contributed by atoms with E-state index < -0.39 is 0 Å². The van der Waals surface area contributed by atoms with Gasteiger partial charge in [0, 0.05) is 24.9 Å². The first kappa shape index (κ1) is 21.9. The lowest BCUT2D eigenvalue weighted by molar-refractivity contribution is -0.116. The number of hydrogen-bond donors (Lipinski definition) is 1. The van der Waals surface area contributed by atoms with Crippen LogP contribution in [0.1, 0.15) is 28.1 Å². The maximum absolute atomic E-state index is 12.1. The van der Waals surface area contributed by atoms with Crippen LogP contribution in [0.3, 0.4) is 0 Å². The SMILES string of the molecule is COc1cc(CNC(=O)/C=C/c2ccc(OCc3c(C)noc3C)c(OC)c2)ccn1. The van der Waals surface area contributed by atoms with Crippen LogP contribution in [-0.4, -0.2) is 30.3 Å². The predicted octanol–water partition coefficient (Wildman–Crippen LogP) is 3.61. The van der Waals surface area contributed by atoms with Gasteiger partial charge in [-0.25, -0.2) is 4.98 Å². The van der Waals surface area contributed by atoms with E-state index in [2.05, 4.69) is 15.5 Å². The van der Waals surface area contributed by atoms with Crippen molar-refractivity contribution in [2.75, 3.05) is 14.2 Å². The molecule has 0 atom stereocenters. The number of methoxy groups -OCH3 is 2. The van der Waals surface area contributed by atoms with Gasteiger partial charge < -0.3 is 24.1 Å². The summed E-state index contributed by atoms with van der Waals surface area (Å²) in [5.74, 6) is 2.18. The summed E-state index contributed by atoms with van der Waals surface area (Å²) in [5, 5.41) is 6.75. The Balaban J connectivity index is 1.59. The van der Waals surface area contributed by atoms with E-state index in [9.17, 15) is 4.79 Å². The van der Waals surface area contributed by atoms with Gasteiger partial charge in [0.2, 0.25) is 11.8 Å². The largest absolute Gasteiger partial charge is 0.493 e. The highest BCUT2D eigenvalue weighted by Crippen LogP contribution is 2.30. The summed E-state index contributed by atoms with van der Waals surface area (Å²) in [6.07, 6.45) is 4.82. The molecule has 0 bridgehead atoms. The van der Waals surface area contributed by atoms with Crippen molar-refractivity contribution in [3.05, 3.63) is 70.7 Å². The van der Waals surface area contributed by atoms with Gasteiger partial charge in [-0.2, -0.15) is 0 Å². The Hall–Kier alpha value is -3.81. The van der Waals surface area contributed by atoms with Crippen molar-refractivity contribution in [3.8, 4) is 17.4 Å². The number of amides is 1. The molecular weight excluding hydrogens is 398 g/mol. The van der Waals surface area contributed by atoms with E-state index in [1.165, 1.54) is 6.08 Å². The third-order valence-electron chi connectivity index (χ3n) is 4.64. The zero-order chi connectivity index (χ0) is 22.2. The van der Waals surface area contributed by atoms with E-state index in [1.54, 1.807) is 44.7 Å². The average molecular weight is 423 g/mol. The molecule has 162 valence electrons. The quantitative estimate of drug-likeness (QED) is 0.525. The summed E-state index contributed by atoms with van der Waals surface area (Å²) in [5.41, 5.74) is 3.42. The summed E-state index contributed by atoms with van der Waals surface area (Å²) in [6.45, 7) is 4.42. The predicted molar refractivity (Wildman–Crippen MR) is 115 cm³/mol. The fourth-order valence-electron chi connectivity index (χ4n) is 2.86. The first-order valence-electron chi connectivity index (χ1n) is 9.67. The zero-order valence-corrected chi connectivity index (χ0v) is 18.0. The normalized spacial score (nSPS) is 10.8. The van der Waals surface area contributed by atoms with Crippen molar-refractivity contribution in [2.24, 2.45) is 0 Å². The number of nitrogens with one attached hydrogen (secondary N) is 1. The van der Waals surface area contributed by atoms with Crippen molar-refractivity contribution in [1.82, 2.24) is 15.5 Å². The average Bonchev–Trinajstić information content (AvgIpc) is 3.12. The Labute approximate surface area is 180 Å². The number of pyridine rings is 1. The Kier molecular flexibility index (Phi) is 7.26. The molecule has 0 unspecified atom stereocenters. The second-order valence-corrected chi connectivity index (χ2v) is 6.76. The van der Waals surface area contributed by atoms with Gasteiger partial charge in [0.15, 0.2) is 11.5 Å². The first-order valence-corrected chi connectivity index (χ1v) is 9.67. The van der Waals surface area contributed by atoms with Crippen LogP contribution in [0.4, 0.5) is 0 Å². The molecule has 1 aromatic carbocycles. The number of nitrogens with zero attached hydrogens (tertiary/aromatic N) is 2. The van der Waals surface area contributed by atoms with E-state index in [1.807, 2.05) is 26.0 Å². The highest BCUT2D eigenvalue weighted by atomic mass is 16.5. The van der Waals surface area contributed by atoms with Crippen LogP contribution in [0, 0.1) is 13.8 Å². The highest BCUT2D eigenvalue weighted by Gasteiger charge is 2.12. The summed E-state index contributed by atoms with van der Waals surface area (Å²) in [6, 6.07) is 9.05. The third kappa shape index (κ3) is 5.85. The number of hydrogen-bond acceptors (Lipinski definition) is 7. The van der Waals surface area contributed by atoms with Gasteiger partial charge in [-0.15, -0.1) is 0 Å². The summed E-state index contributed by atoms with van der Waals surface area (Å²) < 4.78 is 21.5. The molecule has 1 N–H and O–H groups in total. The highest BCUT2D eigenvalue weighted by molar-refractivity contribution is 5.91. The van der Waals surface area contributed by atoms with Gasteiger partial charge in [0.1, 0.15) is 12.4 Å². The molecule has 2 heterocycles. The van der Waals surface area contributed by atoms with Crippen molar-refractivity contribution < 1.29 is 23.5 Å². The Morgan fingerprint density at radius 1 is 1.13 bits per heavy atom. The molecular formula is C23H25N3O5. The van der Waals surface area contributed by atoms with Crippen molar-refractivity contribution in [3.63, 3.8) is 0 Å². The topological polar surface area (TPSA) is 95.7 Å². The van der Waals surface area contributed by atoms with Crippen LogP contribution < -0.4 is 19.5 Å². The van der Waals surface area contributed by atoms with Gasteiger partial charge in [-0.3, -0.25) is 4.79 Å². The summed E-state index contributed by atoms with van der Waals surface area (Å²) >= 11 is 0. The van der Waals surface area contributed by atoms with Gasteiger partial charge in [-0.1, -0.05) is 11.2 Å². The number of carbonyl (C=O) groups is 1. The lowest BCUT2D eigenvalue weighted by Crippen LogP contribution is -2.20. The molecule has 0 aliphatic rings. The maximum atomic E-state index is 12.1. The van der Waals surface area contributed by atoms with Gasteiger partial charge in [-0.05, 0) is 49.2 Å². The first-order chi connectivity index (χ1) is 15.0. The van der Waals surface area contributed by atoms with E-state index in [0.29, 0.717) is 30.5 Å². The fraction of sp³-hybridized carbons (Fsp3) is 0.261. The lowest BCUT2D eigenvalue weighted by atomic mass is 10.1. The molecule has 3 rings (SSSR count). The Morgan fingerprint density at radius 2 is 1.97 bits per heavy atom. The molecule has 1 amide bonds. The molecule has 0 saturated heterocycles. The molecule has 0 saturated carbocycles. The smallest absolute Gasteiger partial charge is 0.244 e. The molecule has 2 aromatic heterocycles. The molecule has 8 nitrogen and oxygen atoms in total. The van der Waals surface area contributed by atoms with Crippen molar-refractivity contribution in [2.45, 2.75) is 27.0 Å². The second-order valence-electron chi connectivity index (χ2n) is 6.76. The third-order valence-corrected chi connectivity index (χ3v) is 4.64. The Morgan fingerprint density at radius 3 is 2.68 bits per heavy atom. The van der Waals surface area contributed by atoms with Gasteiger partial charge >= 0.3 is 0 Å². The molecule has 0 fully saturated rings. The number of benzene rings is 1. The van der Waals surface area contributed by atoms with E-state index >= 15 is 0 Å². The minimum atomic E-state index is -0.214. The molecule has 0 spiro atoms. The monoisotopic (exact) mass is 423 g/mol. The van der Waals surface area contributed by atoms with Crippen molar-refractivity contribution >= 4 is 12.0 Å². The van der Waals surface area contributed by atoms with E-state index in [4.69, 9.17) is 18.7 Å². The number of rotatable bonds is 9. The number of carbonyl (C=O) groups excluding carboxylic acids is 1. The molecule has 31 heavy (non-hydrogen) atoms. The Bertz CT molecular complexity index is 1060. The zero-order valence-electron chi connectivity index (χ0n) is 18.0. The van der Waals surface area contributed by atoms with Crippen LogP contribution in [-0.2, 0) is 17.9 Å². The molecule has 0 aliphatic heterocycles. The van der Waals surface area contributed by atoms with E-state index in [-0.39, 0.29) is 5.91 Å². The second kappa shape index (κ2) is 10.3. The fourth-order valence-corrected chi connectivity index (χ4v) is 2.86. The molecule has 0 radical (unpaired) electrons. The number of aromatic nitrogens is 2. The molecule has 0 aliphatic carbocycles. The van der Waals surface area contributed by atoms with Crippen LogP contribution in [0.2, 0.25) is 0 Å². The molecule has 3 aromatic rings. The minimum Gasteiger partial charge on any atom is -0.493 e. The van der Waals surface area contributed by atoms with Crippen molar-refractivity contribution in [1.29, 1.82) is 0 Å². The molecule has 8 heteroatoms. The van der Waals surface area contributed by atoms with Gasteiger partial charge in [0.25, 0.3) is 0 Å². The lowest BCUT2D eigenvalue weighted by Gasteiger charge is -2.11. The number of aryl methyl sites for hydroxylation is 2. The van der Waals surface area contributed by atoms with E-state index in [0.717, 1.165) is 28.1 Å². The minimum absolute atomic E-state index is 0.214. The summed E-state index contributed by atoms with van der Waals surface area (Å²) in [4.78, 5) is 16.2. The van der Waals surface area contributed by atoms with Gasteiger partial charge in [0.05, 0.1) is 25.5 Å². The van der Waals surface area contributed by atoms with Crippen LogP contribution in [0.15, 0.2) is 47.1 Å². The maximum Gasteiger partial charge on any atom is 0.244 e. The van der Waals surface area contributed by atoms with Crippen LogP contribution in [0.5, 0.6) is 17.4 Å². The standard InChI is InChI=1S/C23H25N3O5/c1-15-19(16(2)31-26-15)14-30-20-7-5-17(11-21(20)28-3)6-8-22(27)25-13-18-9-10-24-23(12-18)29-4/h5-12H,13-14H2,1-4H3,(H,25,27)/b8-6+. The van der Waals surface area contributed by atoms with Crippen LogP contribution in [0.25, 0.3) is 6.08 Å². The summed E-state index contributed by atoms with van der Waals surface area (Å²) in [7, 11) is 3.12. The number of ether oxygens (including phenoxy) is 3.